The highest BCUT2D eigenvalue weighted by atomic mass is 127. The van der Waals surface area contributed by atoms with Gasteiger partial charge in [-0.2, -0.15) is 0 Å². The summed E-state index contributed by atoms with van der Waals surface area (Å²) in [6, 6.07) is 7.82. The summed E-state index contributed by atoms with van der Waals surface area (Å²) in [4.78, 5) is 20.4. The van der Waals surface area contributed by atoms with E-state index in [2.05, 4.69) is 21.3 Å². The molecule has 0 aromatic heterocycles. The molecule has 1 unspecified atom stereocenters. The minimum Gasteiger partial charge on any atom is -0.382 e. The largest absolute Gasteiger partial charge is 0.382 e. The SMILES string of the molecule is CN=C(NCCc1cccc(C(=O)N(C)C)c1)N1CCC(COCCOC)C1.I. The molecular formula is C21H35IN4O3. The van der Waals surface area contributed by atoms with Crippen molar-refractivity contribution in [2.75, 3.05) is 67.7 Å². The molecule has 1 atom stereocenters. The van der Waals surface area contributed by atoms with E-state index < -0.39 is 0 Å². The number of carbonyl (C=O) groups is 1. The third-order valence-corrected chi connectivity index (χ3v) is 4.86. The van der Waals surface area contributed by atoms with Crippen LogP contribution in [0.3, 0.4) is 0 Å². The van der Waals surface area contributed by atoms with E-state index in [-0.39, 0.29) is 29.9 Å². The van der Waals surface area contributed by atoms with Gasteiger partial charge in [0, 0.05) is 59.4 Å². The number of likely N-dealkylation sites (tertiary alicyclic amines) is 1. The molecule has 1 aromatic rings. The maximum atomic E-state index is 12.1. The van der Waals surface area contributed by atoms with Gasteiger partial charge in [-0.1, -0.05) is 12.1 Å². The lowest BCUT2D eigenvalue weighted by Gasteiger charge is -2.22. The Hall–Kier alpha value is -1.39. The van der Waals surface area contributed by atoms with Gasteiger partial charge < -0.3 is 24.6 Å². The van der Waals surface area contributed by atoms with Crippen LogP contribution in [0.5, 0.6) is 0 Å². The molecule has 1 N–H and O–H groups in total. The van der Waals surface area contributed by atoms with Crippen molar-refractivity contribution in [1.82, 2.24) is 15.1 Å². The Morgan fingerprint density at radius 2 is 2.14 bits per heavy atom. The van der Waals surface area contributed by atoms with Crippen LogP contribution < -0.4 is 5.32 Å². The smallest absolute Gasteiger partial charge is 0.253 e. The highest BCUT2D eigenvalue weighted by molar-refractivity contribution is 14.0. The third kappa shape index (κ3) is 8.47. The van der Waals surface area contributed by atoms with Crippen LogP contribution in [-0.4, -0.2) is 89.4 Å². The first-order valence-corrected chi connectivity index (χ1v) is 9.88. The molecular weight excluding hydrogens is 483 g/mol. The van der Waals surface area contributed by atoms with E-state index >= 15 is 0 Å². The number of methoxy groups -OCH3 is 1. The molecule has 1 aliphatic rings. The van der Waals surface area contributed by atoms with Crippen molar-refractivity contribution >= 4 is 35.8 Å². The minimum absolute atomic E-state index is 0. The number of amides is 1. The lowest BCUT2D eigenvalue weighted by Crippen LogP contribution is -2.41. The molecule has 7 nitrogen and oxygen atoms in total. The summed E-state index contributed by atoms with van der Waals surface area (Å²) in [5.41, 5.74) is 1.87. The molecule has 1 fully saturated rings. The maximum Gasteiger partial charge on any atom is 0.253 e. The van der Waals surface area contributed by atoms with Gasteiger partial charge in [-0.15, -0.1) is 24.0 Å². The second kappa shape index (κ2) is 13.8. The molecule has 1 saturated heterocycles. The number of hydrogen-bond donors (Lipinski definition) is 1. The van der Waals surface area contributed by atoms with E-state index in [4.69, 9.17) is 9.47 Å². The van der Waals surface area contributed by atoms with Gasteiger partial charge in [0.05, 0.1) is 19.8 Å². The highest BCUT2D eigenvalue weighted by Crippen LogP contribution is 2.16. The number of guanidine groups is 1. The lowest BCUT2D eigenvalue weighted by molar-refractivity contribution is 0.0536. The van der Waals surface area contributed by atoms with Crippen LogP contribution in [0.1, 0.15) is 22.3 Å². The monoisotopic (exact) mass is 518 g/mol. The average molecular weight is 518 g/mol. The highest BCUT2D eigenvalue weighted by Gasteiger charge is 2.24. The Balaban J connectivity index is 0.00000420. The fourth-order valence-electron chi connectivity index (χ4n) is 3.32. The van der Waals surface area contributed by atoms with Crippen LogP contribution in [-0.2, 0) is 15.9 Å². The Morgan fingerprint density at radius 3 is 2.83 bits per heavy atom. The number of halogens is 1. The number of nitrogens with zero attached hydrogens (tertiary/aromatic N) is 3. The van der Waals surface area contributed by atoms with E-state index in [1.54, 1.807) is 26.1 Å². The molecule has 1 aliphatic heterocycles. The maximum absolute atomic E-state index is 12.1. The zero-order chi connectivity index (χ0) is 20.4. The fourth-order valence-corrected chi connectivity index (χ4v) is 3.32. The molecule has 2 rings (SSSR count). The summed E-state index contributed by atoms with van der Waals surface area (Å²) >= 11 is 0. The number of nitrogens with one attached hydrogen (secondary N) is 1. The number of carbonyl (C=O) groups excluding carboxylic acids is 1. The number of ether oxygens (including phenoxy) is 2. The molecule has 0 bridgehead atoms. The van der Waals surface area contributed by atoms with E-state index in [0.29, 0.717) is 19.1 Å². The van der Waals surface area contributed by atoms with Gasteiger partial charge in [0.1, 0.15) is 0 Å². The Labute approximate surface area is 191 Å². The summed E-state index contributed by atoms with van der Waals surface area (Å²) in [5, 5.41) is 3.45. The van der Waals surface area contributed by atoms with Gasteiger partial charge in [0.25, 0.3) is 5.91 Å². The quantitative estimate of drug-likeness (QED) is 0.235. The second-order valence-corrected chi connectivity index (χ2v) is 7.29. The Morgan fingerprint density at radius 1 is 1.34 bits per heavy atom. The summed E-state index contributed by atoms with van der Waals surface area (Å²) in [7, 11) is 7.05. The summed E-state index contributed by atoms with van der Waals surface area (Å²) in [6.07, 6.45) is 1.95. The van der Waals surface area contributed by atoms with Gasteiger partial charge in [-0.05, 0) is 30.5 Å². The van der Waals surface area contributed by atoms with Crippen LogP contribution in [0, 0.1) is 5.92 Å². The Bertz CT molecular complexity index is 655. The van der Waals surface area contributed by atoms with Gasteiger partial charge in [-0.25, -0.2) is 0 Å². The van der Waals surface area contributed by atoms with E-state index in [9.17, 15) is 4.79 Å². The van der Waals surface area contributed by atoms with Gasteiger partial charge in [0.2, 0.25) is 0 Å². The van der Waals surface area contributed by atoms with Crippen LogP contribution in [0.15, 0.2) is 29.3 Å². The van der Waals surface area contributed by atoms with Crippen LogP contribution in [0.25, 0.3) is 0 Å². The van der Waals surface area contributed by atoms with Crippen LogP contribution in [0.4, 0.5) is 0 Å². The first kappa shape index (κ1) is 25.6. The molecule has 164 valence electrons. The molecule has 0 radical (unpaired) electrons. The van der Waals surface area contributed by atoms with Crippen molar-refractivity contribution in [3.05, 3.63) is 35.4 Å². The number of rotatable bonds is 9. The number of hydrogen-bond acceptors (Lipinski definition) is 4. The average Bonchev–Trinajstić information content (AvgIpc) is 3.17. The molecule has 0 saturated carbocycles. The molecule has 0 spiro atoms. The molecule has 29 heavy (non-hydrogen) atoms. The van der Waals surface area contributed by atoms with Gasteiger partial charge in [0.15, 0.2) is 5.96 Å². The summed E-state index contributed by atoms with van der Waals surface area (Å²) in [5.74, 6) is 1.49. The molecule has 1 amide bonds. The first-order chi connectivity index (χ1) is 13.5. The van der Waals surface area contributed by atoms with Crippen molar-refractivity contribution in [3.63, 3.8) is 0 Å². The standard InChI is InChI=1S/C21H34N4O3.HI/c1-22-21(25-11-9-18(15-25)16-28-13-12-27-4)23-10-8-17-6-5-7-19(14-17)20(26)24(2)3;/h5-7,14,18H,8-13,15-16H2,1-4H3,(H,22,23);1H. The summed E-state index contributed by atoms with van der Waals surface area (Å²) in [6.45, 7) is 4.78. The van der Waals surface area contributed by atoms with Crippen LogP contribution >= 0.6 is 24.0 Å². The van der Waals surface area contributed by atoms with Crippen molar-refractivity contribution in [2.24, 2.45) is 10.9 Å². The minimum atomic E-state index is 0. The zero-order valence-corrected chi connectivity index (χ0v) is 20.3. The van der Waals surface area contributed by atoms with Crippen LogP contribution in [0.2, 0.25) is 0 Å². The molecule has 8 heteroatoms. The molecule has 1 heterocycles. The number of aliphatic imine (C=N–C) groups is 1. The molecule has 0 aliphatic carbocycles. The van der Waals surface area contributed by atoms with Gasteiger partial charge >= 0.3 is 0 Å². The molecule has 1 aromatic carbocycles. The number of benzene rings is 1. The predicted octanol–water partition coefficient (Wildman–Crippen LogP) is 2.11. The van der Waals surface area contributed by atoms with E-state index in [1.807, 2.05) is 25.2 Å². The van der Waals surface area contributed by atoms with Crippen molar-refractivity contribution in [3.8, 4) is 0 Å². The van der Waals surface area contributed by atoms with Crippen molar-refractivity contribution < 1.29 is 14.3 Å². The Kier molecular flexibility index (Phi) is 12.2. The topological polar surface area (TPSA) is 66.4 Å². The van der Waals surface area contributed by atoms with Crippen molar-refractivity contribution in [2.45, 2.75) is 12.8 Å². The summed E-state index contributed by atoms with van der Waals surface area (Å²) < 4.78 is 10.7. The fraction of sp³-hybridized carbons (Fsp3) is 0.619. The van der Waals surface area contributed by atoms with Crippen molar-refractivity contribution in [1.29, 1.82) is 0 Å². The van der Waals surface area contributed by atoms with Gasteiger partial charge in [-0.3, -0.25) is 9.79 Å². The normalized spacial score (nSPS) is 16.5. The van der Waals surface area contributed by atoms with E-state index in [0.717, 1.165) is 56.2 Å². The lowest BCUT2D eigenvalue weighted by atomic mass is 10.1. The van der Waals surface area contributed by atoms with E-state index in [1.165, 1.54) is 0 Å². The zero-order valence-electron chi connectivity index (χ0n) is 18.0. The third-order valence-electron chi connectivity index (χ3n) is 4.86. The predicted molar refractivity (Wildman–Crippen MR) is 127 cm³/mol. The second-order valence-electron chi connectivity index (χ2n) is 7.29. The first-order valence-electron chi connectivity index (χ1n) is 9.88.